The highest BCUT2D eigenvalue weighted by Crippen LogP contribution is 2.19. The molecule has 160 valence electrons. The molecule has 0 aliphatic heterocycles. The lowest BCUT2D eigenvalue weighted by atomic mass is 10.1. The summed E-state index contributed by atoms with van der Waals surface area (Å²) in [5.41, 5.74) is 4.84. The second kappa shape index (κ2) is 11.1. The van der Waals surface area contributed by atoms with Crippen molar-refractivity contribution in [1.29, 1.82) is 0 Å². The van der Waals surface area contributed by atoms with Crippen molar-refractivity contribution in [3.8, 4) is 0 Å². The van der Waals surface area contributed by atoms with Crippen LogP contribution in [-0.2, 0) is 21.6 Å². The maximum Gasteiger partial charge on any atom is 0.217 e. The Kier molecular flexibility index (Phi) is 8.80. The number of hydrogen-bond donors (Lipinski definition) is 0. The van der Waals surface area contributed by atoms with Crippen LogP contribution in [0.4, 0.5) is 5.69 Å². The zero-order chi connectivity index (χ0) is 22.1. The van der Waals surface area contributed by atoms with E-state index in [9.17, 15) is 13.0 Å². The second-order valence-electron chi connectivity index (χ2n) is 6.51. The Morgan fingerprint density at radius 2 is 1.73 bits per heavy atom. The number of hydrogen-bond acceptors (Lipinski definition) is 5. The summed E-state index contributed by atoms with van der Waals surface area (Å²) >= 11 is 5.80. The Morgan fingerprint density at radius 1 is 1.10 bits per heavy atom. The van der Waals surface area contributed by atoms with Gasteiger partial charge in [-0.1, -0.05) is 36.4 Å². The number of aryl methyl sites for hydroxylation is 1. The number of nitrogens with zero attached hydrogens (tertiary/aromatic N) is 2. The van der Waals surface area contributed by atoms with Gasteiger partial charge in [0.25, 0.3) is 0 Å². The molecule has 0 aliphatic carbocycles. The third-order valence-electron chi connectivity index (χ3n) is 4.49. The van der Waals surface area contributed by atoms with E-state index in [-0.39, 0.29) is 0 Å². The van der Waals surface area contributed by atoms with E-state index in [4.69, 9.17) is 11.6 Å². The summed E-state index contributed by atoms with van der Waals surface area (Å²) in [7, 11) is 0.530. The van der Waals surface area contributed by atoms with E-state index in [1.165, 1.54) is 27.7 Å². The Balaban J connectivity index is 0.000000469. The van der Waals surface area contributed by atoms with Crippen molar-refractivity contribution in [2.75, 3.05) is 31.5 Å². The van der Waals surface area contributed by atoms with Crippen LogP contribution in [0.15, 0.2) is 60.8 Å². The summed E-state index contributed by atoms with van der Waals surface area (Å²) in [5, 5.41) is 1.26. The predicted molar refractivity (Wildman–Crippen MR) is 121 cm³/mol. The number of aromatic nitrogens is 1. The van der Waals surface area contributed by atoms with Gasteiger partial charge in [-0.05, 0) is 29.3 Å². The first-order chi connectivity index (χ1) is 14.2. The number of fused-ring (bicyclic) bond motifs is 1. The number of anilines is 1. The number of halogens is 1. The first kappa shape index (κ1) is 23.8. The molecular weight excluding hydrogens is 424 g/mol. The fourth-order valence-corrected chi connectivity index (χ4v) is 3.07. The van der Waals surface area contributed by atoms with Gasteiger partial charge in [0, 0.05) is 37.3 Å². The first-order valence-electron chi connectivity index (χ1n) is 9.19. The number of benzene rings is 2. The average molecular weight is 449 g/mol. The van der Waals surface area contributed by atoms with E-state index in [1.54, 1.807) is 0 Å². The number of alkyl halides is 1. The molecule has 0 bridgehead atoms. The summed E-state index contributed by atoms with van der Waals surface area (Å²) < 4.78 is 33.2. The molecule has 0 aliphatic rings. The normalized spacial score (nSPS) is 11.4. The highest BCUT2D eigenvalue weighted by Gasteiger charge is 2.06. The van der Waals surface area contributed by atoms with Gasteiger partial charge < -0.3 is 9.45 Å². The van der Waals surface area contributed by atoms with Crippen molar-refractivity contribution in [1.82, 2.24) is 0 Å². The van der Waals surface area contributed by atoms with Gasteiger partial charge in [-0.3, -0.25) is 4.18 Å². The highest BCUT2D eigenvalue weighted by atomic mass is 35.5. The molecule has 0 spiro atoms. The molecule has 0 saturated heterocycles. The lowest BCUT2D eigenvalue weighted by Crippen LogP contribution is -2.28. The molecule has 0 atom stereocenters. The van der Waals surface area contributed by atoms with Crippen LogP contribution in [0.3, 0.4) is 0 Å². The van der Waals surface area contributed by atoms with Crippen molar-refractivity contribution >= 4 is 50.7 Å². The van der Waals surface area contributed by atoms with Gasteiger partial charge in [0.05, 0.1) is 12.5 Å². The molecular formula is C22H25ClN2O4S. The zero-order valence-corrected chi connectivity index (χ0v) is 18.7. The third kappa shape index (κ3) is 7.11. The molecule has 0 saturated carbocycles. The SMILES string of the molecule is CN(CCCl)c1ccc(/C=C/c2cc[n+](C)c3ccccc23)cc1.COS(=O)(=O)[O-]. The molecule has 1 aromatic heterocycles. The van der Waals surface area contributed by atoms with Gasteiger partial charge in [0.15, 0.2) is 6.20 Å². The van der Waals surface area contributed by atoms with Gasteiger partial charge in [0.1, 0.15) is 7.05 Å². The quantitative estimate of drug-likeness (QED) is 0.249. The van der Waals surface area contributed by atoms with Crippen molar-refractivity contribution in [2.24, 2.45) is 7.05 Å². The molecule has 30 heavy (non-hydrogen) atoms. The molecule has 6 nitrogen and oxygen atoms in total. The standard InChI is InChI=1S/C21H22ClN2.CH4O4S/c1-23(16-14-22)19-11-8-17(9-12-19)7-10-18-13-15-24(2)21-6-4-3-5-20(18)21;1-5-6(2,3)4/h3-13,15H,14,16H2,1-2H3;1H3,(H,2,3,4)/q+1;/p-1. The fourth-order valence-electron chi connectivity index (χ4n) is 2.81. The lowest BCUT2D eigenvalue weighted by molar-refractivity contribution is -0.644. The van der Waals surface area contributed by atoms with E-state index in [0.29, 0.717) is 5.88 Å². The van der Waals surface area contributed by atoms with E-state index in [1.807, 2.05) is 0 Å². The minimum atomic E-state index is -4.41. The predicted octanol–water partition coefficient (Wildman–Crippen LogP) is 3.60. The van der Waals surface area contributed by atoms with Crippen molar-refractivity contribution in [3.05, 3.63) is 71.9 Å². The fraction of sp³-hybridized carbons (Fsp3) is 0.227. The molecule has 0 amide bonds. The minimum absolute atomic E-state index is 0.636. The Labute approximate surface area is 182 Å². The van der Waals surface area contributed by atoms with E-state index >= 15 is 0 Å². The van der Waals surface area contributed by atoms with Crippen LogP contribution in [0.5, 0.6) is 0 Å². The highest BCUT2D eigenvalue weighted by molar-refractivity contribution is 7.80. The molecule has 0 fully saturated rings. The number of para-hydroxylation sites is 1. The van der Waals surface area contributed by atoms with Crippen LogP contribution in [0.25, 0.3) is 23.1 Å². The minimum Gasteiger partial charge on any atom is -0.726 e. The average Bonchev–Trinajstić information content (AvgIpc) is 2.74. The molecule has 1 heterocycles. The maximum absolute atomic E-state index is 9.22. The molecule has 0 radical (unpaired) electrons. The molecule has 3 rings (SSSR count). The zero-order valence-electron chi connectivity index (χ0n) is 17.2. The van der Waals surface area contributed by atoms with Gasteiger partial charge in [-0.2, -0.15) is 0 Å². The van der Waals surface area contributed by atoms with Gasteiger partial charge in [0.2, 0.25) is 15.9 Å². The van der Waals surface area contributed by atoms with E-state index in [2.05, 4.69) is 101 Å². The van der Waals surface area contributed by atoms with Crippen LogP contribution in [0, 0.1) is 0 Å². The summed E-state index contributed by atoms with van der Waals surface area (Å²) in [4.78, 5) is 2.16. The van der Waals surface area contributed by atoms with E-state index in [0.717, 1.165) is 13.7 Å². The van der Waals surface area contributed by atoms with E-state index < -0.39 is 10.4 Å². The molecule has 2 aromatic carbocycles. The molecule has 3 aromatic rings. The topological polar surface area (TPSA) is 73.5 Å². The Hall–Kier alpha value is -2.45. The molecule has 8 heteroatoms. The molecule has 0 unspecified atom stereocenters. The summed E-state index contributed by atoms with van der Waals surface area (Å²) in [6, 6.07) is 19.2. The summed E-state index contributed by atoms with van der Waals surface area (Å²) in [6.07, 6.45) is 6.44. The van der Waals surface area contributed by atoms with Crippen LogP contribution >= 0.6 is 11.6 Å². The van der Waals surface area contributed by atoms with Crippen LogP contribution < -0.4 is 9.47 Å². The largest absolute Gasteiger partial charge is 0.726 e. The number of rotatable bonds is 6. The Bertz CT molecular complexity index is 1100. The maximum atomic E-state index is 9.22. The first-order valence-corrected chi connectivity index (χ1v) is 11.1. The monoisotopic (exact) mass is 448 g/mol. The van der Waals surface area contributed by atoms with Gasteiger partial charge in [-0.25, -0.2) is 13.0 Å². The van der Waals surface area contributed by atoms with Crippen LogP contribution in [0.1, 0.15) is 11.1 Å². The van der Waals surface area contributed by atoms with Crippen LogP contribution in [0.2, 0.25) is 0 Å². The van der Waals surface area contributed by atoms with Gasteiger partial charge in [-0.15, -0.1) is 11.6 Å². The van der Waals surface area contributed by atoms with Crippen molar-refractivity contribution < 1.29 is 21.7 Å². The molecule has 0 N–H and O–H groups in total. The van der Waals surface area contributed by atoms with Crippen molar-refractivity contribution in [2.45, 2.75) is 0 Å². The van der Waals surface area contributed by atoms with Gasteiger partial charge >= 0.3 is 0 Å². The Morgan fingerprint density at radius 3 is 2.33 bits per heavy atom. The second-order valence-corrected chi connectivity index (χ2v) is 8.04. The summed E-state index contributed by atoms with van der Waals surface area (Å²) in [5.74, 6) is 0.636. The number of pyridine rings is 1. The van der Waals surface area contributed by atoms with Crippen molar-refractivity contribution in [3.63, 3.8) is 0 Å². The smallest absolute Gasteiger partial charge is 0.217 e. The lowest BCUT2D eigenvalue weighted by Gasteiger charge is -2.17. The third-order valence-corrected chi connectivity index (χ3v) is 5.06. The van der Waals surface area contributed by atoms with Crippen LogP contribution in [-0.4, -0.2) is 39.6 Å². The summed E-state index contributed by atoms with van der Waals surface area (Å²) in [6.45, 7) is 0.851.